The predicted molar refractivity (Wildman–Crippen MR) is 51.7 cm³/mol. The van der Waals surface area contributed by atoms with E-state index in [0.717, 1.165) is 0 Å². The van der Waals surface area contributed by atoms with Gasteiger partial charge in [-0.25, -0.2) is 22.2 Å². The fraction of sp³-hybridized carbons (Fsp3) is 0.167. The van der Waals surface area contributed by atoms with Crippen LogP contribution in [0.25, 0.3) is 0 Å². The minimum absolute atomic E-state index is 0.529. The zero-order valence-electron chi connectivity index (χ0n) is 6.92. The molecule has 0 aromatic carbocycles. The summed E-state index contributed by atoms with van der Waals surface area (Å²) in [6.07, 6.45) is -2.95. The van der Waals surface area contributed by atoms with E-state index in [4.69, 9.17) is 28.0 Å². The van der Waals surface area contributed by atoms with Crippen molar-refractivity contribution in [1.29, 1.82) is 0 Å². The molecule has 0 radical (unpaired) electrons. The largest absolute Gasteiger partial charge is 0.383 e. The highest BCUT2D eigenvalue weighted by molar-refractivity contribution is 8.13. The summed E-state index contributed by atoms with van der Waals surface area (Å²) in [7, 11) is 0.738. The Balaban J connectivity index is 3.50. The topological polar surface area (TPSA) is 73.0 Å². The molecule has 1 rings (SSSR count). The van der Waals surface area contributed by atoms with E-state index in [9.17, 15) is 17.2 Å². The second-order valence-corrected chi connectivity index (χ2v) is 5.38. The van der Waals surface area contributed by atoms with E-state index in [1.54, 1.807) is 0 Å². The number of nitrogens with two attached hydrogens (primary N) is 1. The van der Waals surface area contributed by atoms with Crippen LogP contribution < -0.4 is 5.73 Å². The zero-order valence-corrected chi connectivity index (χ0v) is 9.24. The molecule has 0 saturated heterocycles. The molecular formula is C6H4Cl2F2N2O2S. The van der Waals surface area contributed by atoms with Crippen LogP contribution in [0.4, 0.5) is 14.6 Å². The molecule has 0 spiro atoms. The van der Waals surface area contributed by atoms with Gasteiger partial charge in [0.1, 0.15) is 10.7 Å². The number of anilines is 1. The van der Waals surface area contributed by atoms with Crippen LogP contribution in [0.2, 0.25) is 5.15 Å². The monoisotopic (exact) mass is 276 g/mol. The van der Waals surface area contributed by atoms with Crippen molar-refractivity contribution >= 4 is 37.2 Å². The molecule has 0 aliphatic heterocycles. The molecule has 0 atom stereocenters. The number of halogens is 4. The Bertz CT molecular complexity index is 492. The van der Waals surface area contributed by atoms with Crippen LogP contribution in [0.3, 0.4) is 0 Å². The summed E-state index contributed by atoms with van der Waals surface area (Å²) in [5, 5.41) is -0.535. The molecule has 15 heavy (non-hydrogen) atoms. The predicted octanol–water partition coefficient (Wildman–Crippen LogP) is 2.18. The second kappa shape index (κ2) is 4.07. The molecule has 1 aromatic rings. The maximum atomic E-state index is 12.3. The van der Waals surface area contributed by atoms with Crippen LogP contribution in [0, 0.1) is 0 Å². The van der Waals surface area contributed by atoms with E-state index in [-0.39, 0.29) is 0 Å². The first kappa shape index (κ1) is 12.4. The van der Waals surface area contributed by atoms with E-state index in [1.165, 1.54) is 0 Å². The van der Waals surface area contributed by atoms with Crippen molar-refractivity contribution in [2.45, 2.75) is 11.3 Å². The third kappa shape index (κ3) is 2.67. The van der Waals surface area contributed by atoms with E-state index in [1.807, 2.05) is 0 Å². The maximum absolute atomic E-state index is 12.3. The average molecular weight is 277 g/mol. The van der Waals surface area contributed by atoms with E-state index >= 15 is 0 Å². The maximum Gasteiger partial charge on any atom is 0.267 e. The number of hydrogen-bond donors (Lipinski definition) is 1. The highest BCUT2D eigenvalue weighted by Gasteiger charge is 2.22. The van der Waals surface area contributed by atoms with Crippen molar-refractivity contribution in [1.82, 2.24) is 4.98 Å². The lowest BCUT2D eigenvalue weighted by Crippen LogP contribution is -2.03. The lowest BCUT2D eigenvalue weighted by Gasteiger charge is -2.06. The van der Waals surface area contributed by atoms with Gasteiger partial charge >= 0.3 is 0 Å². The van der Waals surface area contributed by atoms with Gasteiger partial charge in [-0.1, -0.05) is 11.6 Å². The first-order chi connectivity index (χ1) is 6.73. The van der Waals surface area contributed by atoms with Crippen molar-refractivity contribution in [2.75, 3.05) is 5.73 Å². The number of nitrogens with zero attached hydrogens (tertiary/aromatic N) is 1. The molecule has 0 bridgehead atoms. The Hall–Kier alpha value is -0.660. The molecular weight excluding hydrogens is 273 g/mol. The summed E-state index contributed by atoms with van der Waals surface area (Å²) in [6, 6.07) is 0.609. The third-order valence-corrected chi connectivity index (χ3v) is 3.24. The first-order valence-electron chi connectivity index (χ1n) is 3.42. The molecule has 9 heteroatoms. The van der Waals surface area contributed by atoms with Crippen LogP contribution in [0.5, 0.6) is 0 Å². The van der Waals surface area contributed by atoms with Gasteiger partial charge < -0.3 is 5.73 Å². The van der Waals surface area contributed by atoms with Gasteiger partial charge in [-0.15, -0.1) is 0 Å². The van der Waals surface area contributed by atoms with Crippen LogP contribution >= 0.6 is 22.3 Å². The Morgan fingerprint density at radius 3 is 2.40 bits per heavy atom. The number of rotatable bonds is 2. The molecule has 1 heterocycles. The lowest BCUT2D eigenvalue weighted by atomic mass is 10.3. The smallest absolute Gasteiger partial charge is 0.267 e. The standard InChI is InChI=1S/C6H4Cl2F2N2O2S/c7-4-3(15(8,13)14)1-2(5(9)10)6(11)12-4/h1,5H,(H2,11,12). The van der Waals surface area contributed by atoms with Gasteiger partial charge in [-0.2, -0.15) is 0 Å². The molecule has 84 valence electrons. The number of alkyl halides is 2. The molecule has 0 saturated carbocycles. The highest BCUT2D eigenvalue weighted by atomic mass is 35.7. The van der Waals surface area contributed by atoms with Crippen LogP contribution in [-0.2, 0) is 9.05 Å². The summed E-state index contributed by atoms with van der Waals surface area (Å²) < 4.78 is 46.4. The minimum Gasteiger partial charge on any atom is -0.383 e. The summed E-state index contributed by atoms with van der Waals surface area (Å²) >= 11 is 5.39. The molecule has 0 aliphatic carbocycles. The van der Waals surface area contributed by atoms with Gasteiger partial charge in [0.25, 0.3) is 15.5 Å². The summed E-state index contributed by atoms with van der Waals surface area (Å²) in [5.41, 5.74) is 4.40. The van der Waals surface area contributed by atoms with Crippen LogP contribution in [-0.4, -0.2) is 13.4 Å². The summed E-state index contributed by atoms with van der Waals surface area (Å²) in [4.78, 5) is 2.58. The average Bonchev–Trinajstić information content (AvgIpc) is 2.00. The summed E-state index contributed by atoms with van der Waals surface area (Å²) in [5.74, 6) is -0.529. The Morgan fingerprint density at radius 2 is 2.00 bits per heavy atom. The quantitative estimate of drug-likeness (QED) is 0.664. The van der Waals surface area contributed by atoms with Gasteiger partial charge in [0.2, 0.25) is 0 Å². The summed E-state index contributed by atoms with van der Waals surface area (Å²) in [6.45, 7) is 0. The van der Waals surface area contributed by atoms with Crippen LogP contribution in [0.1, 0.15) is 12.0 Å². The van der Waals surface area contributed by atoms with E-state index in [0.29, 0.717) is 6.07 Å². The molecule has 4 nitrogen and oxygen atoms in total. The second-order valence-electron chi connectivity index (χ2n) is 2.49. The van der Waals surface area contributed by atoms with E-state index in [2.05, 4.69) is 4.98 Å². The van der Waals surface area contributed by atoms with Crippen molar-refractivity contribution in [3.8, 4) is 0 Å². The van der Waals surface area contributed by atoms with Crippen molar-refractivity contribution in [3.63, 3.8) is 0 Å². The van der Waals surface area contributed by atoms with Crippen molar-refractivity contribution < 1.29 is 17.2 Å². The number of aromatic nitrogens is 1. The third-order valence-electron chi connectivity index (χ3n) is 1.50. The lowest BCUT2D eigenvalue weighted by molar-refractivity contribution is 0.151. The van der Waals surface area contributed by atoms with Gasteiger partial charge in [0.15, 0.2) is 5.15 Å². The van der Waals surface area contributed by atoms with Gasteiger partial charge in [0.05, 0.1) is 5.56 Å². The first-order valence-corrected chi connectivity index (χ1v) is 6.11. The zero-order chi connectivity index (χ0) is 11.8. The Kier molecular flexibility index (Phi) is 3.37. The van der Waals surface area contributed by atoms with Gasteiger partial charge in [-0.3, -0.25) is 0 Å². The molecule has 1 aromatic heterocycles. The van der Waals surface area contributed by atoms with Gasteiger partial charge in [0, 0.05) is 10.7 Å². The minimum atomic E-state index is -4.22. The molecule has 0 fully saturated rings. The molecule has 2 N–H and O–H groups in total. The highest BCUT2D eigenvalue weighted by Crippen LogP contribution is 2.31. The Labute approximate surface area is 93.4 Å². The molecule has 0 amide bonds. The number of pyridine rings is 1. The van der Waals surface area contributed by atoms with E-state index < -0.39 is 36.9 Å². The van der Waals surface area contributed by atoms with Gasteiger partial charge in [-0.05, 0) is 6.07 Å². The van der Waals surface area contributed by atoms with Crippen molar-refractivity contribution in [2.24, 2.45) is 0 Å². The van der Waals surface area contributed by atoms with Crippen LogP contribution in [0.15, 0.2) is 11.0 Å². The molecule has 0 unspecified atom stereocenters. The molecule has 0 aliphatic rings. The fourth-order valence-corrected chi connectivity index (χ4v) is 2.28. The number of hydrogen-bond acceptors (Lipinski definition) is 4. The Morgan fingerprint density at radius 1 is 1.47 bits per heavy atom. The number of nitrogen functional groups attached to an aromatic ring is 1. The fourth-order valence-electron chi connectivity index (χ4n) is 0.846. The normalized spacial score (nSPS) is 12.1. The van der Waals surface area contributed by atoms with Crippen molar-refractivity contribution in [3.05, 3.63) is 16.8 Å². The SMILES string of the molecule is Nc1nc(Cl)c(S(=O)(=O)Cl)cc1C(F)F.